The fraction of sp³-hybridized carbons (Fsp3) is 0.667. The molecular weight excluding hydrogens is 580 g/mol. The normalized spacial score (nSPS) is 30.0. The van der Waals surface area contributed by atoms with Crippen molar-refractivity contribution < 1.29 is 23.0 Å². The minimum absolute atomic E-state index is 0.0168. The number of anilines is 2. The lowest BCUT2D eigenvalue weighted by Crippen LogP contribution is -2.69. The van der Waals surface area contributed by atoms with Crippen molar-refractivity contribution in [3.8, 4) is 0 Å². The zero-order chi connectivity index (χ0) is 31.5. The number of carbonyl (C=O) groups excluding carboxylic acids is 1. The van der Waals surface area contributed by atoms with Crippen LogP contribution in [0.15, 0.2) is 24.9 Å². The number of methoxy groups -OCH3 is 1. The van der Waals surface area contributed by atoms with E-state index in [-0.39, 0.29) is 29.6 Å². The maximum Gasteiger partial charge on any atom is 0.280 e. The fourth-order valence-corrected chi connectivity index (χ4v) is 8.66. The molecule has 1 spiro atoms. The van der Waals surface area contributed by atoms with E-state index in [0.717, 1.165) is 55.8 Å². The van der Waals surface area contributed by atoms with E-state index in [9.17, 15) is 13.6 Å². The van der Waals surface area contributed by atoms with Crippen LogP contribution >= 0.6 is 0 Å². The van der Waals surface area contributed by atoms with Crippen molar-refractivity contribution >= 4 is 17.4 Å². The summed E-state index contributed by atoms with van der Waals surface area (Å²) in [5.74, 6) is 0.703. The summed E-state index contributed by atoms with van der Waals surface area (Å²) in [6.45, 7) is 14.1. The van der Waals surface area contributed by atoms with Gasteiger partial charge < -0.3 is 24.2 Å². The first-order chi connectivity index (χ1) is 21.8. The molecule has 45 heavy (non-hydrogen) atoms. The fourth-order valence-electron chi connectivity index (χ4n) is 8.66. The van der Waals surface area contributed by atoms with E-state index in [0.29, 0.717) is 63.2 Å². The predicted molar refractivity (Wildman–Crippen MR) is 167 cm³/mol. The second kappa shape index (κ2) is 11.9. The van der Waals surface area contributed by atoms with Crippen LogP contribution in [0.3, 0.4) is 0 Å². The molecule has 3 fully saturated rings. The van der Waals surface area contributed by atoms with Gasteiger partial charge in [-0.3, -0.25) is 14.4 Å². The lowest BCUT2D eigenvalue weighted by molar-refractivity contribution is -0.143. The third kappa shape index (κ3) is 5.04. The number of carbonyl (C=O) groups is 1. The number of hydrogen-bond donors (Lipinski definition) is 0. The van der Waals surface area contributed by atoms with Gasteiger partial charge in [-0.15, -0.1) is 0 Å². The van der Waals surface area contributed by atoms with Crippen LogP contribution in [0.2, 0.25) is 0 Å². The SMILES string of the molecule is C=CC(=O)N1CCN(C2CN3c4cc(N5CCC6(OC[C@@H](COC)n7ncc(C)c76)C(C)C5)nc(C(F)F)c4CCCC23)CC1. The Hall–Kier alpha value is -3.09. The van der Waals surface area contributed by atoms with Crippen molar-refractivity contribution in [2.45, 2.75) is 69.7 Å². The minimum atomic E-state index is -2.63. The van der Waals surface area contributed by atoms with Crippen molar-refractivity contribution in [2.24, 2.45) is 5.92 Å². The summed E-state index contributed by atoms with van der Waals surface area (Å²) in [4.78, 5) is 25.6. The lowest BCUT2D eigenvalue weighted by Gasteiger charge is -2.55. The lowest BCUT2D eigenvalue weighted by atomic mass is 9.77. The van der Waals surface area contributed by atoms with Crippen LogP contribution in [0, 0.1) is 12.8 Å². The first kappa shape index (κ1) is 30.6. The van der Waals surface area contributed by atoms with Crippen LogP contribution < -0.4 is 9.80 Å². The van der Waals surface area contributed by atoms with Gasteiger partial charge in [0.25, 0.3) is 6.43 Å². The summed E-state index contributed by atoms with van der Waals surface area (Å²) < 4.78 is 43.5. The largest absolute Gasteiger partial charge is 0.382 e. The zero-order valence-corrected chi connectivity index (χ0v) is 26.6. The highest BCUT2D eigenvalue weighted by Gasteiger charge is 2.51. The van der Waals surface area contributed by atoms with Gasteiger partial charge in [-0.05, 0) is 44.2 Å². The molecule has 4 unspecified atom stereocenters. The summed E-state index contributed by atoms with van der Waals surface area (Å²) in [6.07, 6.45) is 3.82. The van der Waals surface area contributed by atoms with E-state index < -0.39 is 12.0 Å². The second-order valence-corrected chi connectivity index (χ2v) is 13.4. The Labute approximate surface area is 263 Å². The number of halogens is 2. The van der Waals surface area contributed by atoms with E-state index in [4.69, 9.17) is 14.6 Å². The van der Waals surface area contributed by atoms with Crippen LogP contribution in [0.1, 0.15) is 61.2 Å². The predicted octanol–water partition coefficient (Wildman–Crippen LogP) is 3.71. The molecule has 12 heteroatoms. The Morgan fingerprint density at radius 1 is 1.22 bits per heavy atom. The van der Waals surface area contributed by atoms with Crippen molar-refractivity contribution in [1.29, 1.82) is 0 Å². The third-order valence-electron chi connectivity index (χ3n) is 11.0. The number of rotatable bonds is 6. The summed E-state index contributed by atoms with van der Waals surface area (Å²) in [5.41, 5.74) is 3.28. The molecule has 3 saturated heterocycles. The molecule has 244 valence electrons. The highest BCUT2D eigenvalue weighted by Crippen LogP contribution is 2.48. The summed E-state index contributed by atoms with van der Waals surface area (Å²) in [5, 5.41) is 4.70. The summed E-state index contributed by atoms with van der Waals surface area (Å²) >= 11 is 0. The average Bonchev–Trinajstić information content (AvgIpc) is 3.37. The molecule has 2 aromatic heterocycles. The number of amides is 1. The van der Waals surface area contributed by atoms with E-state index in [1.165, 1.54) is 6.08 Å². The Kier molecular flexibility index (Phi) is 8.10. The summed E-state index contributed by atoms with van der Waals surface area (Å²) in [7, 11) is 1.69. The van der Waals surface area contributed by atoms with E-state index in [1.54, 1.807) is 7.11 Å². The van der Waals surface area contributed by atoms with Crippen LogP contribution in [0.5, 0.6) is 0 Å². The molecule has 5 aliphatic rings. The van der Waals surface area contributed by atoms with Gasteiger partial charge in [0.05, 0.1) is 31.1 Å². The maximum absolute atomic E-state index is 14.6. The highest BCUT2D eigenvalue weighted by molar-refractivity contribution is 5.87. The average molecular weight is 626 g/mol. The molecule has 1 amide bonds. The number of aryl methyl sites for hydroxylation is 1. The molecule has 0 bridgehead atoms. The Bertz CT molecular complexity index is 1440. The Morgan fingerprint density at radius 2 is 2.02 bits per heavy atom. The first-order valence-corrected chi connectivity index (χ1v) is 16.4. The van der Waals surface area contributed by atoms with Gasteiger partial charge in [0.1, 0.15) is 17.1 Å². The monoisotopic (exact) mass is 625 g/mol. The number of aromatic nitrogens is 3. The standard InChI is InChI=1S/C33H45F2N7O3/c1-5-29(43)39-13-11-38(12-14-39)27-18-41-25(27)8-6-7-24-26(41)15-28(37-30(24)32(34)35)40-10-9-33(22(3)17-40)31-21(2)16-36-42(31)23(19-44-4)20-45-33/h5,15-16,22-23,25,27,32H,1,6-14,17-20H2,2-4H3/t22?,23-,25?,27?,33?/m1/s1. The quantitative estimate of drug-likeness (QED) is 0.450. The summed E-state index contributed by atoms with van der Waals surface area (Å²) in [6, 6.07) is 2.74. The number of hydrogen-bond acceptors (Lipinski definition) is 8. The van der Waals surface area contributed by atoms with Gasteiger partial charge in [-0.1, -0.05) is 13.5 Å². The van der Waals surface area contributed by atoms with E-state index in [2.05, 4.69) is 50.9 Å². The van der Waals surface area contributed by atoms with Gasteiger partial charge in [0, 0.05) is 88.2 Å². The Balaban J connectivity index is 1.12. The van der Waals surface area contributed by atoms with Crippen molar-refractivity contribution in [2.75, 3.05) is 75.9 Å². The maximum atomic E-state index is 14.6. The molecule has 2 aromatic rings. The topological polar surface area (TPSA) is 79.2 Å². The molecular formula is C33H45F2N7O3. The van der Waals surface area contributed by atoms with Crippen molar-refractivity contribution in [3.05, 3.63) is 47.4 Å². The van der Waals surface area contributed by atoms with Gasteiger partial charge in [0.15, 0.2) is 0 Å². The van der Waals surface area contributed by atoms with E-state index in [1.807, 2.05) is 11.1 Å². The number of nitrogens with zero attached hydrogens (tertiary/aromatic N) is 7. The smallest absolute Gasteiger partial charge is 0.280 e. The van der Waals surface area contributed by atoms with Crippen LogP contribution in [0.4, 0.5) is 20.3 Å². The number of alkyl halides is 2. The number of fused-ring (bicyclic) bond motifs is 5. The molecule has 5 aliphatic heterocycles. The minimum Gasteiger partial charge on any atom is -0.382 e. The number of piperazine rings is 1. The van der Waals surface area contributed by atoms with Crippen LogP contribution in [0.25, 0.3) is 0 Å². The molecule has 5 atom stereocenters. The Morgan fingerprint density at radius 3 is 2.73 bits per heavy atom. The number of piperidine rings is 1. The van der Waals surface area contributed by atoms with Crippen LogP contribution in [-0.2, 0) is 26.3 Å². The second-order valence-electron chi connectivity index (χ2n) is 13.4. The zero-order valence-electron chi connectivity index (χ0n) is 26.6. The molecule has 0 saturated carbocycles. The van der Waals surface area contributed by atoms with Gasteiger partial charge in [0.2, 0.25) is 5.91 Å². The van der Waals surface area contributed by atoms with Crippen molar-refractivity contribution in [1.82, 2.24) is 24.6 Å². The van der Waals surface area contributed by atoms with Gasteiger partial charge in [-0.2, -0.15) is 5.10 Å². The highest BCUT2D eigenvalue weighted by atomic mass is 19.3. The molecule has 7 heterocycles. The van der Waals surface area contributed by atoms with Gasteiger partial charge in [-0.25, -0.2) is 13.8 Å². The van der Waals surface area contributed by atoms with E-state index >= 15 is 0 Å². The molecule has 0 aromatic carbocycles. The third-order valence-corrected chi connectivity index (χ3v) is 11.0. The van der Waals surface area contributed by atoms with Crippen LogP contribution in [-0.4, -0.2) is 109 Å². The van der Waals surface area contributed by atoms with Crippen molar-refractivity contribution in [3.63, 3.8) is 0 Å². The van der Waals surface area contributed by atoms with Gasteiger partial charge >= 0.3 is 0 Å². The molecule has 0 radical (unpaired) electrons. The number of pyridine rings is 1. The first-order valence-electron chi connectivity index (χ1n) is 16.4. The molecule has 7 rings (SSSR count). The molecule has 0 N–H and O–H groups in total. The molecule has 10 nitrogen and oxygen atoms in total. The number of ether oxygens (including phenoxy) is 2. The molecule has 0 aliphatic carbocycles.